The van der Waals surface area contributed by atoms with Gasteiger partial charge in [0.15, 0.2) is 6.29 Å². The Morgan fingerprint density at radius 2 is 1.88 bits per heavy atom. The first-order valence-electron chi connectivity index (χ1n) is 5.45. The Morgan fingerprint density at radius 1 is 1.18 bits per heavy atom. The van der Waals surface area contributed by atoms with Crippen molar-refractivity contribution in [3.05, 3.63) is 64.4 Å². The van der Waals surface area contributed by atoms with Crippen LogP contribution in [0.2, 0.25) is 0 Å². The van der Waals surface area contributed by atoms with E-state index in [4.69, 9.17) is 12.2 Å². The van der Waals surface area contributed by atoms with Crippen LogP contribution in [0.5, 0.6) is 0 Å². The molecule has 0 radical (unpaired) electrons. The Bertz CT molecular complexity index is 574. The van der Waals surface area contributed by atoms with Crippen molar-refractivity contribution in [3.8, 4) is 0 Å². The van der Waals surface area contributed by atoms with Crippen molar-refractivity contribution in [2.45, 2.75) is 13.0 Å². The van der Waals surface area contributed by atoms with E-state index in [2.05, 4.69) is 19.1 Å². The first kappa shape index (κ1) is 11.7. The van der Waals surface area contributed by atoms with Gasteiger partial charge in [0.1, 0.15) is 4.64 Å². The monoisotopic (exact) mass is 243 g/mol. The lowest BCUT2D eigenvalue weighted by Gasteiger charge is -2.17. The van der Waals surface area contributed by atoms with Crippen molar-refractivity contribution in [3.63, 3.8) is 0 Å². The van der Waals surface area contributed by atoms with Crippen LogP contribution in [0.4, 0.5) is 0 Å². The van der Waals surface area contributed by atoms with Gasteiger partial charge in [-0.2, -0.15) is 0 Å². The molecule has 1 aromatic carbocycles. The summed E-state index contributed by atoms with van der Waals surface area (Å²) in [6.45, 7) is 2.07. The predicted molar refractivity (Wildman–Crippen MR) is 70.9 cm³/mol. The second-order valence-electron chi connectivity index (χ2n) is 3.88. The van der Waals surface area contributed by atoms with Crippen molar-refractivity contribution in [2.24, 2.45) is 0 Å². The van der Waals surface area contributed by atoms with Gasteiger partial charge in [-0.25, -0.2) is 0 Å². The van der Waals surface area contributed by atoms with E-state index in [0.29, 0.717) is 10.2 Å². The van der Waals surface area contributed by atoms with E-state index in [0.717, 1.165) is 6.29 Å². The maximum Gasteiger partial charge on any atom is 0.153 e. The van der Waals surface area contributed by atoms with E-state index in [1.807, 2.05) is 35.0 Å². The summed E-state index contributed by atoms with van der Waals surface area (Å²) in [6.07, 6.45) is 2.71. The Labute approximate surface area is 106 Å². The fourth-order valence-electron chi connectivity index (χ4n) is 1.81. The highest BCUT2D eigenvalue weighted by atomic mass is 32.1. The lowest BCUT2D eigenvalue weighted by Crippen LogP contribution is -2.09. The molecule has 0 fully saturated rings. The smallest absolute Gasteiger partial charge is 0.153 e. The van der Waals surface area contributed by atoms with Crippen molar-refractivity contribution in [1.82, 2.24) is 4.57 Å². The van der Waals surface area contributed by atoms with Crippen LogP contribution in [0.1, 0.15) is 28.9 Å². The zero-order chi connectivity index (χ0) is 12.3. The summed E-state index contributed by atoms with van der Waals surface area (Å²) in [4.78, 5) is 10.9. The van der Waals surface area contributed by atoms with Gasteiger partial charge in [-0.1, -0.05) is 42.5 Å². The van der Waals surface area contributed by atoms with Gasteiger partial charge in [-0.3, -0.25) is 4.79 Å². The molecule has 1 heterocycles. The number of nitrogens with zero attached hydrogens (tertiary/aromatic N) is 1. The summed E-state index contributed by atoms with van der Waals surface area (Å²) in [5.74, 6) is 0. The normalized spacial score (nSPS) is 12.1. The minimum Gasteiger partial charge on any atom is -0.331 e. The van der Waals surface area contributed by atoms with Crippen LogP contribution >= 0.6 is 12.2 Å². The molecule has 0 aliphatic rings. The summed E-state index contributed by atoms with van der Waals surface area (Å²) in [5, 5.41) is 0. The number of benzene rings is 1. The quantitative estimate of drug-likeness (QED) is 0.606. The largest absolute Gasteiger partial charge is 0.331 e. The summed E-state index contributed by atoms with van der Waals surface area (Å²) in [7, 11) is 0. The van der Waals surface area contributed by atoms with Crippen molar-refractivity contribution in [2.75, 3.05) is 0 Å². The van der Waals surface area contributed by atoms with E-state index >= 15 is 0 Å². The molecule has 3 heteroatoms. The Kier molecular flexibility index (Phi) is 3.49. The molecule has 0 spiro atoms. The van der Waals surface area contributed by atoms with Crippen LogP contribution < -0.4 is 0 Å². The first-order chi connectivity index (χ1) is 8.24. The molecule has 0 bridgehead atoms. The number of aromatic nitrogens is 1. The average molecular weight is 243 g/mol. The van der Waals surface area contributed by atoms with E-state index in [9.17, 15) is 4.79 Å². The lowest BCUT2D eigenvalue weighted by molar-refractivity contribution is 0.112. The molecular weight excluding hydrogens is 230 g/mol. The number of carbonyl (C=O) groups is 1. The van der Waals surface area contributed by atoms with Gasteiger partial charge in [0.05, 0.1) is 6.04 Å². The zero-order valence-corrected chi connectivity index (χ0v) is 10.4. The van der Waals surface area contributed by atoms with E-state index in [-0.39, 0.29) is 6.04 Å². The molecule has 0 saturated heterocycles. The highest BCUT2D eigenvalue weighted by molar-refractivity contribution is 7.71. The first-order valence-corrected chi connectivity index (χ1v) is 5.86. The van der Waals surface area contributed by atoms with Gasteiger partial charge in [0.2, 0.25) is 0 Å². The topological polar surface area (TPSA) is 22.0 Å². The average Bonchev–Trinajstić information content (AvgIpc) is 2.39. The molecule has 17 heavy (non-hydrogen) atoms. The highest BCUT2D eigenvalue weighted by Gasteiger charge is 2.08. The summed E-state index contributed by atoms with van der Waals surface area (Å²) >= 11 is 5.30. The lowest BCUT2D eigenvalue weighted by atomic mass is 10.1. The third-order valence-electron chi connectivity index (χ3n) is 2.83. The molecule has 2 rings (SSSR count). The number of pyridine rings is 1. The third-order valence-corrected chi connectivity index (χ3v) is 3.28. The minimum atomic E-state index is 0.128. The molecule has 86 valence electrons. The molecule has 0 amide bonds. The standard InChI is InChI=1S/C14H13NOS/c1-11(12-6-3-2-4-7-12)15-9-5-8-13(10-16)14(15)17/h2-11H,1H3/t11-/m0/s1. The van der Waals surface area contributed by atoms with Crippen LogP contribution in [0.3, 0.4) is 0 Å². The Hall–Kier alpha value is -1.74. The van der Waals surface area contributed by atoms with Gasteiger partial charge >= 0.3 is 0 Å². The van der Waals surface area contributed by atoms with Crippen LogP contribution in [0.15, 0.2) is 48.7 Å². The molecule has 0 N–H and O–H groups in total. The second-order valence-corrected chi connectivity index (χ2v) is 4.27. The molecule has 0 aliphatic heterocycles. The van der Waals surface area contributed by atoms with Crippen molar-refractivity contribution in [1.29, 1.82) is 0 Å². The highest BCUT2D eigenvalue weighted by Crippen LogP contribution is 2.18. The number of hydrogen-bond acceptors (Lipinski definition) is 2. The number of hydrogen-bond donors (Lipinski definition) is 0. The Morgan fingerprint density at radius 3 is 2.53 bits per heavy atom. The molecular formula is C14H13NOS. The maximum absolute atomic E-state index is 10.9. The SMILES string of the molecule is C[C@@H](c1ccccc1)n1cccc(C=O)c1=S. The fourth-order valence-corrected chi connectivity index (χ4v) is 2.15. The number of rotatable bonds is 3. The van der Waals surface area contributed by atoms with Crippen LogP contribution in [0.25, 0.3) is 0 Å². The summed E-state index contributed by atoms with van der Waals surface area (Å²) in [6, 6.07) is 13.8. The van der Waals surface area contributed by atoms with Crippen molar-refractivity contribution < 1.29 is 4.79 Å². The number of carbonyl (C=O) groups excluding carboxylic acids is 1. The maximum atomic E-state index is 10.9. The van der Waals surface area contributed by atoms with Gasteiger partial charge in [-0.05, 0) is 24.6 Å². The molecule has 2 nitrogen and oxygen atoms in total. The molecule has 1 aromatic heterocycles. The molecule has 2 aromatic rings. The van der Waals surface area contributed by atoms with Crippen molar-refractivity contribution >= 4 is 18.5 Å². The third kappa shape index (κ3) is 2.34. The van der Waals surface area contributed by atoms with Crippen LogP contribution in [0, 0.1) is 4.64 Å². The molecule has 1 atom stereocenters. The Balaban J connectivity index is 2.48. The van der Waals surface area contributed by atoms with Crippen LogP contribution in [-0.4, -0.2) is 10.9 Å². The van der Waals surface area contributed by atoms with Gasteiger partial charge in [0.25, 0.3) is 0 Å². The summed E-state index contributed by atoms with van der Waals surface area (Å²) in [5.41, 5.74) is 1.73. The molecule has 0 saturated carbocycles. The second kappa shape index (κ2) is 5.06. The van der Waals surface area contributed by atoms with Gasteiger partial charge in [0, 0.05) is 11.8 Å². The minimum absolute atomic E-state index is 0.128. The van der Waals surface area contributed by atoms with Gasteiger partial charge < -0.3 is 4.57 Å². The number of aldehydes is 1. The zero-order valence-electron chi connectivity index (χ0n) is 9.54. The van der Waals surface area contributed by atoms with Gasteiger partial charge in [-0.15, -0.1) is 0 Å². The predicted octanol–water partition coefficient (Wildman–Crippen LogP) is 3.64. The van der Waals surface area contributed by atoms with E-state index in [1.54, 1.807) is 6.07 Å². The summed E-state index contributed by atoms with van der Waals surface area (Å²) < 4.78 is 2.52. The van der Waals surface area contributed by atoms with E-state index < -0.39 is 0 Å². The van der Waals surface area contributed by atoms with Crippen LogP contribution in [-0.2, 0) is 0 Å². The van der Waals surface area contributed by atoms with E-state index in [1.165, 1.54) is 5.56 Å². The fraction of sp³-hybridized carbons (Fsp3) is 0.143. The molecule has 0 aliphatic carbocycles. The molecule has 0 unspecified atom stereocenters.